The number of carbonyl (C=O) groups excluding carboxylic acids is 1. The van der Waals surface area contributed by atoms with Gasteiger partial charge in [0.1, 0.15) is 18.5 Å². The van der Waals surface area contributed by atoms with E-state index in [0.29, 0.717) is 6.07 Å². The third-order valence-electron chi connectivity index (χ3n) is 5.47. The van der Waals surface area contributed by atoms with Gasteiger partial charge in [0, 0.05) is 24.0 Å². The van der Waals surface area contributed by atoms with Gasteiger partial charge >= 0.3 is 12.1 Å². The Morgan fingerprint density at radius 1 is 1.00 bits per heavy atom. The fourth-order valence-electron chi connectivity index (χ4n) is 3.98. The van der Waals surface area contributed by atoms with Crippen LogP contribution >= 0.6 is 0 Å². The molecule has 164 valence electrons. The molecule has 3 aromatic carbocycles. The summed E-state index contributed by atoms with van der Waals surface area (Å²) in [6.45, 7) is -0.0218. The maximum atomic E-state index is 13.5. The maximum Gasteiger partial charge on any atom is 0.407 e. The first-order valence-electron chi connectivity index (χ1n) is 9.86. The molecule has 0 fully saturated rings. The summed E-state index contributed by atoms with van der Waals surface area (Å²) in [6.07, 6.45) is -1.52. The van der Waals surface area contributed by atoms with Gasteiger partial charge in [-0.05, 0) is 28.3 Å². The highest BCUT2D eigenvalue weighted by molar-refractivity contribution is 5.81. The summed E-state index contributed by atoms with van der Waals surface area (Å²) in [6, 6.07) is 15.2. The number of aromatic hydroxyl groups is 1. The molecule has 0 spiro atoms. The maximum absolute atomic E-state index is 13.5. The van der Waals surface area contributed by atoms with Crippen LogP contribution in [0.15, 0.2) is 60.7 Å². The lowest BCUT2D eigenvalue weighted by Gasteiger charge is -2.18. The topological polar surface area (TPSA) is 95.9 Å². The van der Waals surface area contributed by atoms with Crippen molar-refractivity contribution in [3.63, 3.8) is 0 Å². The standard InChI is InChI=1S/C24H19F2NO5/c25-14-9-13(22(28)20(26)11-14)10-21(23(29)30)27-24(31)32-12-19-17-7-3-1-5-15(17)16-6-2-4-8-18(16)19/h1-9,11,19,21,28H,10,12H2,(H,27,31)(H,29,30). The number of fused-ring (bicyclic) bond motifs is 3. The van der Waals surface area contributed by atoms with Crippen molar-refractivity contribution in [2.75, 3.05) is 6.61 Å². The van der Waals surface area contributed by atoms with E-state index in [4.69, 9.17) is 4.74 Å². The number of nitrogens with one attached hydrogen (secondary N) is 1. The number of carboxylic acid groups (broad SMARTS) is 1. The Balaban J connectivity index is 1.46. The van der Waals surface area contributed by atoms with Crippen molar-refractivity contribution < 1.29 is 33.3 Å². The summed E-state index contributed by atoms with van der Waals surface area (Å²) in [5, 5.41) is 21.3. The van der Waals surface area contributed by atoms with Crippen molar-refractivity contribution in [3.8, 4) is 16.9 Å². The van der Waals surface area contributed by atoms with Crippen LogP contribution in [0.4, 0.5) is 13.6 Å². The van der Waals surface area contributed by atoms with Gasteiger partial charge in [-0.25, -0.2) is 18.4 Å². The summed E-state index contributed by atoms with van der Waals surface area (Å²) in [5.41, 5.74) is 3.80. The van der Waals surface area contributed by atoms with Crippen LogP contribution in [0.5, 0.6) is 5.75 Å². The van der Waals surface area contributed by atoms with Crippen LogP contribution in [0.2, 0.25) is 0 Å². The number of carboxylic acids is 1. The number of ether oxygens (including phenoxy) is 1. The molecule has 32 heavy (non-hydrogen) atoms. The Bertz CT molecular complexity index is 1150. The molecule has 3 N–H and O–H groups in total. The number of benzene rings is 3. The summed E-state index contributed by atoms with van der Waals surface area (Å²) < 4.78 is 32.3. The molecule has 0 aromatic heterocycles. The van der Waals surface area contributed by atoms with Crippen LogP contribution in [-0.2, 0) is 16.0 Å². The minimum absolute atomic E-state index is 0.0218. The second-order valence-electron chi connectivity index (χ2n) is 7.46. The molecule has 0 aliphatic heterocycles. The molecule has 8 heteroatoms. The molecule has 3 aromatic rings. The molecule has 0 saturated carbocycles. The zero-order chi connectivity index (χ0) is 22.8. The van der Waals surface area contributed by atoms with Crippen LogP contribution in [0.25, 0.3) is 11.1 Å². The Labute approximate surface area is 182 Å². The zero-order valence-corrected chi connectivity index (χ0v) is 16.7. The van der Waals surface area contributed by atoms with Crippen molar-refractivity contribution in [2.45, 2.75) is 18.4 Å². The number of carbonyl (C=O) groups is 2. The number of alkyl carbamates (subject to hydrolysis) is 1. The normalized spacial score (nSPS) is 13.2. The molecular formula is C24H19F2NO5. The molecule has 1 aliphatic carbocycles. The molecule has 0 bridgehead atoms. The number of amides is 1. The fourth-order valence-corrected chi connectivity index (χ4v) is 3.98. The van der Waals surface area contributed by atoms with E-state index in [0.717, 1.165) is 28.3 Å². The van der Waals surface area contributed by atoms with E-state index in [-0.39, 0.29) is 18.1 Å². The van der Waals surface area contributed by atoms with Gasteiger partial charge in [0.15, 0.2) is 11.6 Å². The number of aliphatic carboxylic acids is 1. The quantitative estimate of drug-likeness (QED) is 0.535. The Hall–Kier alpha value is -3.94. The smallest absolute Gasteiger partial charge is 0.407 e. The summed E-state index contributed by atoms with van der Waals surface area (Å²) in [5.74, 6) is -4.71. The number of phenols is 1. The van der Waals surface area contributed by atoms with Crippen LogP contribution in [0, 0.1) is 11.6 Å². The second kappa shape index (κ2) is 8.66. The zero-order valence-electron chi connectivity index (χ0n) is 16.7. The molecule has 6 nitrogen and oxygen atoms in total. The molecule has 1 aliphatic rings. The minimum Gasteiger partial charge on any atom is -0.505 e. The molecule has 0 heterocycles. The molecule has 0 radical (unpaired) electrons. The lowest BCUT2D eigenvalue weighted by atomic mass is 9.98. The average molecular weight is 439 g/mol. The van der Waals surface area contributed by atoms with E-state index < -0.39 is 41.9 Å². The Kier molecular flexibility index (Phi) is 5.77. The summed E-state index contributed by atoms with van der Waals surface area (Å²) >= 11 is 0. The van der Waals surface area contributed by atoms with E-state index in [2.05, 4.69) is 5.32 Å². The van der Waals surface area contributed by atoms with Gasteiger partial charge in [-0.3, -0.25) is 0 Å². The largest absolute Gasteiger partial charge is 0.505 e. The van der Waals surface area contributed by atoms with E-state index in [1.165, 1.54) is 0 Å². The lowest BCUT2D eigenvalue weighted by molar-refractivity contribution is -0.139. The number of rotatable bonds is 6. The van der Waals surface area contributed by atoms with E-state index in [9.17, 15) is 28.6 Å². The molecule has 1 amide bonds. The fraction of sp³-hybridized carbons (Fsp3) is 0.167. The van der Waals surface area contributed by atoms with E-state index in [1.807, 2.05) is 48.5 Å². The highest BCUT2D eigenvalue weighted by Gasteiger charge is 2.30. The molecule has 1 atom stereocenters. The van der Waals surface area contributed by atoms with Gasteiger partial charge in [-0.15, -0.1) is 0 Å². The van der Waals surface area contributed by atoms with Crippen LogP contribution in [0.3, 0.4) is 0 Å². The first kappa shape index (κ1) is 21.3. The van der Waals surface area contributed by atoms with Gasteiger partial charge in [0.25, 0.3) is 0 Å². The first-order valence-corrected chi connectivity index (χ1v) is 9.86. The number of phenolic OH excluding ortho intramolecular Hbond substituents is 1. The van der Waals surface area contributed by atoms with Crippen molar-refractivity contribution in [1.29, 1.82) is 0 Å². The van der Waals surface area contributed by atoms with Gasteiger partial charge in [0.05, 0.1) is 0 Å². The van der Waals surface area contributed by atoms with Gasteiger partial charge in [-0.1, -0.05) is 48.5 Å². The highest BCUT2D eigenvalue weighted by atomic mass is 19.1. The van der Waals surface area contributed by atoms with Crippen molar-refractivity contribution >= 4 is 12.1 Å². The molecular weight excluding hydrogens is 420 g/mol. The van der Waals surface area contributed by atoms with Crippen molar-refractivity contribution in [1.82, 2.24) is 5.32 Å². The summed E-state index contributed by atoms with van der Waals surface area (Å²) in [4.78, 5) is 23.9. The summed E-state index contributed by atoms with van der Waals surface area (Å²) in [7, 11) is 0. The van der Waals surface area contributed by atoms with Gasteiger partial charge in [-0.2, -0.15) is 0 Å². The van der Waals surface area contributed by atoms with Gasteiger partial charge in [0.2, 0.25) is 0 Å². The van der Waals surface area contributed by atoms with E-state index >= 15 is 0 Å². The number of halogens is 2. The predicted molar refractivity (Wildman–Crippen MR) is 111 cm³/mol. The predicted octanol–water partition coefficient (Wildman–Crippen LogP) is 4.20. The number of hydrogen-bond donors (Lipinski definition) is 3. The molecule has 1 unspecified atom stereocenters. The van der Waals surface area contributed by atoms with Crippen molar-refractivity contribution in [3.05, 3.63) is 89.0 Å². The third kappa shape index (κ3) is 4.12. The SMILES string of the molecule is O=C(NC(Cc1cc(F)cc(F)c1O)C(=O)O)OCC1c2ccccc2-c2ccccc21. The Morgan fingerprint density at radius 2 is 1.59 bits per heavy atom. The monoisotopic (exact) mass is 439 g/mol. The highest BCUT2D eigenvalue weighted by Crippen LogP contribution is 2.44. The number of hydrogen-bond acceptors (Lipinski definition) is 4. The van der Waals surface area contributed by atoms with Gasteiger partial charge < -0.3 is 20.3 Å². The second-order valence-corrected chi connectivity index (χ2v) is 7.46. The van der Waals surface area contributed by atoms with Crippen LogP contribution in [0.1, 0.15) is 22.6 Å². The van der Waals surface area contributed by atoms with E-state index in [1.54, 1.807) is 0 Å². The average Bonchev–Trinajstić information content (AvgIpc) is 3.09. The van der Waals surface area contributed by atoms with Crippen molar-refractivity contribution in [2.24, 2.45) is 0 Å². The minimum atomic E-state index is -1.56. The molecule has 4 rings (SSSR count). The molecule has 0 saturated heterocycles. The third-order valence-corrected chi connectivity index (χ3v) is 5.47. The Morgan fingerprint density at radius 3 is 2.19 bits per heavy atom. The van der Waals surface area contributed by atoms with Crippen LogP contribution < -0.4 is 5.32 Å². The lowest BCUT2D eigenvalue weighted by Crippen LogP contribution is -2.43. The first-order chi connectivity index (χ1) is 15.3. The van der Waals surface area contributed by atoms with Crippen LogP contribution in [-0.4, -0.2) is 34.9 Å².